The molecule has 1 atom stereocenters. The molecule has 8 heteroatoms. The van der Waals surface area contributed by atoms with Gasteiger partial charge in [0, 0.05) is 24.2 Å². The molecule has 150 valence electrons. The van der Waals surface area contributed by atoms with Crippen LogP contribution in [0.25, 0.3) is 22.4 Å². The summed E-state index contributed by atoms with van der Waals surface area (Å²) in [7, 11) is 1.99. The second-order valence-electron chi connectivity index (χ2n) is 7.05. The number of halogens is 1. The number of H-pyrrole nitrogens is 1. The van der Waals surface area contributed by atoms with E-state index >= 15 is 0 Å². The minimum atomic E-state index is -1.55. The van der Waals surface area contributed by atoms with Crippen molar-refractivity contribution in [2.24, 2.45) is 0 Å². The first kappa shape index (κ1) is 19.1. The Labute approximate surface area is 167 Å². The number of nitrogens with zero attached hydrogens (tertiary/aromatic N) is 4. The van der Waals surface area contributed by atoms with Crippen LogP contribution in [-0.4, -0.2) is 33.2 Å². The fourth-order valence-electron chi connectivity index (χ4n) is 2.82. The molecule has 0 aliphatic carbocycles. The number of hydrogen-bond acceptors (Lipinski definition) is 6. The van der Waals surface area contributed by atoms with E-state index in [0.717, 1.165) is 22.5 Å². The zero-order valence-electron chi connectivity index (χ0n) is 16.5. The summed E-state index contributed by atoms with van der Waals surface area (Å²) in [6.07, 6.45) is -1.55. The Morgan fingerprint density at radius 3 is 2.69 bits per heavy atom. The molecule has 4 aromatic rings. The van der Waals surface area contributed by atoms with E-state index in [1.807, 2.05) is 31.3 Å². The van der Waals surface area contributed by atoms with Crippen molar-refractivity contribution >= 4 is 17.0 Å². The number of benzene rings is 2. The Balaban J connectivity index is 1.48. The molecular weight excluding hydrogens is 373 g/mol. The maximum absolute atomic E-state index is 14.1. The van der Waals surface area contributed by atoms with Crippen molar-refractivity contribution in [3.05, 3.63) is 60.0 Å². The number of aromatic amines is 1. The lowest BCUT2D eigenvalue weighted by molar-refractivity contribution is -0.0601. The molecule has 0 saturated heterocycles. The van der Waals surface area contributed by atoms with Gasteiger partial charge in [-0.1, -0.05) is 35.5 Å². The zero-order chi connectivity index (χ0) is 20.4. The van der Waals surface area contributed by atoms with E-state index in [9.17, 15) is 4.39 Å². The average molecular weight is 395 g/mol. The lowest BCUT2D eigenvalue weighted by Gasteiger charge is -2.19. The van der Waals surface area contributed by atoms with Gasteiger partial charge in [-0.05, 0) is 32.0 Å². The molecule has 0 aliphatic rings. The molecule has 0 aliphatic heterocycles. The SMILES string of the molecule is CC(C)N(C)c1nc2ccc(-c3noc(COC(F)c4ccccc4)n3)cc2[nH]1. The minimum Gasteiger partial charge on any atom is -0.343 e. The zero-order valence-corrected chi connectivity index (χ0v) is 16.5. The molecule has 0 amide bonds. The lowest BCUT2D eigenvalue weighted by Crippen LogP contribution is -2.26. The van der Waals surface area contributed by atoms with Gasteiger partial charge in [0.2, 0.25) is 18.1 Å². The Kier molecular flexibility index (Phi) is 5.26. The Hall–Kier alpha value is -3.26. The molecule has 0 bridgehead atoms. The Bertz CT molecular complexity index is 1090. The van der Waals surface area contributed by atoms with Gasteiger partial charge in [0.1, 0.15) is 6.61 Å². The smallest absolute Gasteiger partial charge is 0.253 e. The summed E-state index contributed by atoms with van der Waals surface area (Å²) >= 11 is 0. The molecule has 7 nitrogen and oxygen atoms in total. The van der Waals surface area contributed by atoms with Crippen molar-refractivity contribution in [2.75, 3.05) is 11.9 Å². The number of hydrogen-bond donors (Lipinski definition) is 1. The highest BCUT2D eigenvalue weighted by Gasteiger charge is 2.15. The van der Waals surface area contributed by atoms with E-state index in [4.69, 9.17) is 9.26 Å². The monoisotopic (exact) mass is 395 g/mol. The summed E-state index contributed by atoms with van der Waals surface area (Å²) in [4.78, 5) is 14.3. The van der Waals surface area contributed by atoms with Crippen LogP contribution in [-0.2, 0) is 11.3 Å². The molecule has 2 aromatic carbocycles. The molecule has 4 rings (SSSR count). The fraction of sp³-hybridized carbons (Fsp3) is 0.286. The summed E-state index contributed by atoms with van der Waals surface area (Å²) in [6.45, 7) is 4.08. The summed E-state index contributed by atoms with van der Waals surface area (Å²) in [5.74, 6) is 1.42. The van der Waals surface area contributed by atoms with E-state index < -0.39 is 6.36 Å². The second-order valence-corrected chi connectivity index (χ2v) is 7.05. The van der Waals surface area contributed by atoms with Gasteiger partial charge >= 0.3 is 0 Å². The van der Waals surface area contributed by atoms with Crippen LogP contribution in [0.5, 0.6) is 0 Å². The van der Waals surface area contributed by atoms with Gasteiger partial charge in [0.25, 0.3) is 5.89 Å². The summed E-state index contributed by atoms with van der Waals surface area (Å²) in [5.41, 5.74) is 2.95. The number of ether oxygens (including phenoxy) is 1. The van der Waals surface area contributed by atoms with Crippen molar-refractivity contribution in [3.63, 3.8) is 0 Å². The van der Waals surface area contributed by atoms with Crippen LogP contribution in [0.1, 0.15) is 31.7 Å². The molecule has 0 saturated carbocycles. The van der Waals surface area contributed by atoms with Crippen molar-refractivity contribution in [1.82, 2.24) is 20.1 Å². The molecular formula is C21H22FN5O2. The van der Waals surface area contributed by atoms with Gasteiger partial charge in [0.15, 0.2) is 0 Å². The second kappa shape index (κ2) is 8.00. The summed E-state index contributed by atoms with van der Waals surface area (Å²) < 4.78 is 24.5. The van der Waals surface area contributed by atoms with E-state index in [0.29, 0.717) is 17.4 Å². The predicted molar refractivity (Wildman–Crippen MR) is 108 cm³/mol. The average Bonchev–Trinajstić information content (AvgIpc) is 3.38. The highest BCUT2D eigenvalue weighted by Crippen LogP contribution is 2.25. The number of alkyl halides is 1. The molecule has 1 N–H and O–H groups in total. The molecule has 0 fully saturated rings. The normalized spacial score (nSPS) is 12.6. The molecule has 0 radical (unpaired) electrons. The minimum absolute atomic E-state index is 0.112. The first-order valence-electron chi connectivity index (χ1n) is 9.37. The number of anilines is 1. The quantitative estimate of drug-likeness (QED) is 0.491. The van der Waals surface area contributed by atoms with Crippen LogP contribution in [0.15, 0.2) is 53.1 Å². The Morgan fingerprint density at radius 2 is 1.93 bits per heavy atom. The Morgan fingerprint density at radius 1 is 1.14 bits per heavy atom. The van der Waals surface area contributed by atoms with Crippen LogP contribution < -0.4 is 4.90 Å². The largest absolute Gasteiger partial charge is 0.343 e. The summed E-state index contributed by atoms with van der Waals surface area (Å²) in [6, 6.07) is 14.7. The van der Waals surface area contributed by atoms with Gasteiger partial charge in [0.05, 0.1) is 11.0 Å². The lowest BCUT2D eigenvalue weighted by atomic mass is 10.2. The van der Waals surface area contributed by atoms with Crippen LogP contribution in [0, 0.1) is 0 Å². The van der Waals surface area contributed by atoms with Gasteiger partial charge < -0.3 is 19.1 Å². The van der Waals surface area contributed by atoms with Crippen LogP contribution in [0.3, 0.4) is 0 Å². The van der Waals surface area contributed by atoms with Crippen LogP contribution >= 0.6 is 0 Å². The molecule has 29 heavy (non-hydrogen) atoms. The summed E-state index contributed by atoms with van der Waals surface area (Å²) in [5, 5.41) is 3.98. The maximum Gasteiger partial charge on any atom is 0.253 e. The first-order chi connectivity index (χ1) is 14.0. The molecule has 1 unspecified atom stereocenters. The third kappa shape index (κ3) is 4.12. The molecule has 2 heterocycles. The van der Waals surface area contributed by atoms with Crippen molar-refractivity contribution < 1.29 is 13.7 Å². The number of aromatic nitrogens is 4. The van der Waals surface area contributed by atoms with E-state index in [-0.39, 0.29) is 12.5 Å². The van der Waals surface area contributed by atoms with Crippen molar-refractivity contribution in [1.29, 1.82) is 0 Å². The van der Waals surface area contributed by atoms with Crippen LogP contribution in [0.2, 0.25) is 0 Å². The maximum atomic E-state index is 14.1. The molecule has 2 aromatic heterocycles. The highest BCUT2D eigenvalue weighted by molar-refractivity contribution is 5.82. The van der Waals surface area contributed by atoms with Crippen molar-refractivity contribution in [3.8, 4) is 11.4 Å². The first-order valence-corrected chi connectivity index (χ1v) is 9.37. The number of fused-ring (bicyclic) bond motifs is 1. The van der Waals surface area contributed by atoms with Gasteiger partial charge in [-0.25, -0.2) is 9.37 Å². The van der Waals surface area contributed by atoms with Gasteiger partial charge in [-0.2, -0.15) is 4.98 Å². The number of imidazole rings is 1. The van der Waals surface area contributed by atoms with Gasteiger partial charge in [-0.15, -0.1) is 0 Å². The third-order valence-electron chi connectivity index (χ3n) is 4.72. The topological polar surface area (TPSA) is 80.1 Å². The number of nitrogens with one attached hydrogen (secondary N) is 1. The fourth-order valence-corrected chi connectivity index (χ4v) is 2.82. The third-order valence-corrected chi connectivity index (χ3v) is 4.72. The van der Waals surface area contributed by atoms with E-state index in [1.165, 1.54) is 0 Å². The predicted octanol–water partition coefficient (Wildman–Crippen LogP) is 4.64. The van der Waals surface area contributed by atoms with Crippen molar-refractivity contribution in [2.45, 2.75) is 32.9 Å². The van der Waals surface area contributed by atoms with E-state index in [1.54, 1.807) is 24.3 Å². The van der Waals surface area contributed by atoms with E-state index in [2.05, 4.69) is 38.9 Å². The van der Waals surface area contributed by atoms with Gasteiger partial charge in [-0.3, -0.25) is 0 Å². The molecule has 0 spiro atoms. The standard InChI is InChI=1S/C21H22FN5O2/c1-13(2)27(3)21-23-16-10-9-15(11-17(16)24-21)20-25-18(29-26-20)12-28-19(22)14-7-5-4-6-8-14/h4-11,13,19H,12H2,1-3H3,(H,23,24). The highest BCUT2D eigenvalue weighted by atomic mass is 19.1. The number of rotatable bonds is 7. The van der Waals surface area contributed by atoms with Crippen LogP contribution in [0.4, 0.5) is 10.3 Å².